The fraction of sp³-hybridized carbons (Fsp3) is 0.636. The van der Waals surface area contributed by atoms with Gasteiger partial charge in [0.15, 0.2) is 0 Å². The number of hydrogen-bond acceptors (Lipinski definition) is 5. The number of allylic oxidation sites excluding steroid dienone is 1. The molecule has 100 valence electrons. The van der Waals surface area contributed by atoms with E-state index in [-0.39, 0.29) is 6.35 Å². The first kappa shape index (κ1) is 16.4. The topological polar surface area (TPSA) is 56.8 Å². The standard InChI is InChI=1S/C11H22NO4P/c1-5-11(4)12-8-9-14-10-17(13,15-6-2)16-7-3/h5,12H,1,4,6-10H2,2-3H3. The van der Waals surface area contributed by atoms with E-state index in [0.29, 0.717) is 26.4 Å². The Hall–Kier alpha value is -0.610. The van der Waals surface area contributed by atoms with E-state index in [1.54, 1.807) is 19.9 Å². The molecule has 0 aliphatic rings. The van der Waals surface area contributed by atoms with Crippen molar-refractivity contribution in [1.82, 2.24) is 5.32 Å². The Bertz CT molecular complexity index is 271. The first-order valence-corrected chi connectivity index (χ1v) is 7.31. The lowest BCUT2D eigenvalue weighted by Crippen LogP contribution is -2.18. The third-order valence-corrected chi connectivity index (χ3v) is 3.55. The molecular weight excluding hydrogens is 241 g/mol. The Balaban J connectivity index is 3.79. The molecule has 1 N–H and O–H groups in total. The zero-order valence-electron chi connectivity index (χ0n) is 10.6. The maximum Gasteiger partial charge on any atom is 0.356 e. The van der Waals surface area contributed by atoms with Crippen LogP contribution in [0.3, 0.4) is 0 Å². The van der Waals surface area contributed by atoms with E-state index in [9.17, 15) is 4.57 Å². The van der Waals surface area contributed by atoms with E-state index >= 15 is 0 Å². The Morgan fingerprint density at radius 2 is 1.94 bits per heavy atom. The zero-order valence-corrected chi connectivity index (χ0v) is 11.5. The quantitative estimate of drug-likeness (QED) is 0.352. The lowest BCUT2D eigenvalue weighted by Gasteiger charge is -2.17. The van der Waals surface area contributed by atoms with E-state index in [2.05, 4.69) is 18.5 Å². The van der Waals surface area contributed by atoms with Gasteiger partial charge in [-0.25, -0.2) is 0 Å². The van der Waals surface area contributed by atoms with Crippen molar-refractivity contribution in [3.63, 3.8) is 0 Å². The first-order chi connectivity index (χ1) is 8.08. The van der Waals surface area contributed by atoms with Crippen LogP contribution in [0.2, 0.25) is 0 Å². The van der Waals surface area contributed by atoms with Crippen LogP contribution < -0.4 is 5.32 Å². The van der Waals surface area contributed by atoms with Gasteiger partial charge in [-0.3, -0.25) is 4.57 Å². The van der Waals surface area contributed by atoms with Crippen molar-refractivity contribution in [2.24, 2.45) is 0 Å². The highest BCUT2D eigenvalue weighted by atomic mass is 31.2. The van der Waals surface area contributed by atoms with Gasteiger partial charge in [-0.05, 0) is 19.9 Å². The zero-order chi connectivity index (χ0) is 13.1. The Morgan fingerprint density at radius 1 is 1.35 bits per heavy atom. The van der Waals surface area contributed by atoms with Gasteiger partial charge in [-0.15, -0.1) is 0 Å². The molecule has 0 atom stereocenters. The summed E-state index contributed by atoms with van der Waals surface area (Å²) in [5.74, 6) is 0. The van der Waals surface area contributed by atoms with Gasteiger partial charge < -0.3 is 19.1 Å². The van der Waals surface area contributed by atoms with Crippen LogP contribution in [-0.2, 0) is 18.3 Å². The molecule has 0 aliphatic heterocycles. The van der Waals surface area contributed by atoms with Crippen LogP contribution in [0, 0.1) is 0 Å². The van der Waals surface area contributed by atoms with Crippen molar-refractivity contribution in [3.05, 3.63) is 24.9 Å². The van der Waals surface area contributed by atoms with Gasteiger partial charge in [0, 0.05) is 12.2 Å². The monoisotopic (exact) mass is 263 g/mol. The smallest absolute Gasteiger partial charge is 0.356 e. The van der Waals surface area contributed by atoms with E-state index in [1.807, 2.05) is 0 Å². The number of rotatable bonds is 11. The fourth-order valence-corrected chi connectivity index (χ4v) is 2.40. The predicted molar refractivity (Wildman–Crippen MR) is 69.0 cm³/mol. The number of ether oxygens (including phenoxy) is 1. The molecule has 6 heteroatoms. The van der Waals surface area contributed by atoms with Gasteiger partial charge in [-0.1, -0.05) is 13.2 Å². The summed E-state index contributed by atoms with van der Waals surface area (Å²) >= 11 is 0. The van der Waals surface area contributed by atoms with E-state index in [0.717, 1.165) is 5.70 Å². The minimum Gasteiger partial charge on any atom is -0.383 e. The molecule has 17 heavy (non-hydrogen) atoms. The average Bonchev–Trinajstić information content (AvgIpc) is 2.29. The van der Waals surface area contributed by atoms with Crippen LogP contribution in [0.15, 0.2) is 24.9 Å². The Kier molecular flexibility index (Phi) is 9.09. The number of nitrogens with one attached hydrogen (secondary N) is 1. The molecule has 0 aromatic carbocycles. The Morgan fingerprint density at radius 3 is 2.41 bits per heavy atom. The third kappa shape index (κ3) is 8.16. The van der Waals surface area contributed by atoms with Crippen LogP contribution in [0.25, 0.3) is 0 Å². The average molecular weight is 263 g/mol. The molecule has 0 saturated heterocycles. The van der Waals surface area contributed by atoms with Crippen LogP contribution >= 0.6 is 7.60 Å². The molecule has 0 rings (SSSR count). The summed E-state index contributed by atoms with van der Waals surface area (Å²) < 4.78 is 27.3. The molecule has 0 unspecified atom stereocenters. The van der Waals surface area contributed by atoms with Crippen molar-refractivity contribution in [2.45, 2.75) is 13.8 Å². The van der Waals surface area contributed by atoms with E-state index in [4.69, 9.17) is 13.8 Å². The molecular formula is C11H22NO4P. The van der Waals surface area contributed by atoms with Gasteiger partial charge in [0.05, 0.1) is 19.8 Å². The second-order valence-electron chi connectivity index (χ2n) is 3.14. The van der Waals surface area contributed by atoms with Gasteiger partial charge in [0.25, 0.3) is 0 Å². The minimum absolute atomic E-state index is 0.0308. The second-order valence-corrected chi connectivity index (χ2v) is 5.14. The molecule has 0 aromatic heterocycles. The summed E-state index contributed by atoms with van der Waals surface area (Å²) in [6.07, 6.45) is 1.59. The van der Waals surface area contributed by atoms with Gasteiger partial charge in [0.1, 0.15) is 6.35 Å². The van der Waals surface area contributed by atoms with Gasteiger partial charge in [-0.2, -0.15) is 0 Å². The molecule has 0 bridgehead atoms. The third-order valence-electron chi connectivity index (χ3n) is 1.75. The number of hydrogen-bond donors (Lipinski definition) is 1. The molecule has 0 spiro atoms. The maximum absolute atomic E-state index is 11.9. The summed E-state index contributed by atoms with van der Waals surface area (Å²) in [4.78, 5) is 0. The Labute approximate surface area is 103 Å². The lowest BCUT2D eigenvalue weighted by atomic mass is 10.5. The highest BCUT2D eigenvalue weighted by Crippen LogP contribution is 2.47. The van der Waals surface area contributed by atoms with Crippen LogP contribution in [-0.4, -0.2) is 32.7 Å². The van der Waals surface area contributed by atoms with Crippen LogP contribution in [0.5, 0.6) is 0 Å². The van der Waals surface area contributed by atoms with E-state index < -0.39 is 7.60 Å². The van der Waals surface area contributed by atoms with Gasteiger partial charge in [0.2, 0.25) is 0 Å². The molecule has 5 nitrogen and oxygen atoms in total. The summed E-state index contributed by atoms with van der Waals surface area (Å²) in [5, 5.41) is 2.97. The van der Waals surface area contributed by atoms with Crippen molar-refractivity contribution < 1.29 is 18.3 Å². The second kappa shape index (κ2) is 9.42. The summed E-state index contributed by atoms with van der Waals surface area (Å²) in [6.45, 7) is 12.4. The van der Waals surface area contributed by atoms with Crippen molar-refractivity contribution in [3.8, 4) is 0 Å². The molecule has 0 amide bonds. The maximum atomic E-state index is 11.9. The molecule has 0 aromatic rings. The molecule has 0 saturated carbocycles. The minimum atomic E-state index is -3.08. The predicted octanol–water partition coefficient (Wildman–Crippen LogP) is 2.52. The first-order valence-electron chi connectivity index (χ1n) is 5.59. The fourth-order valence-electron chi connectivity index (χ4n) is 1.04. The highest BCUT2D eigenvalue weighted by molar-refractivity contribution is 7.53. The highest BCUT2D eigenvalue weighted by Gasteiger charge is 2.23. The summed E-state index contributed by atoms with van der Waals surface area (Å²) in [7, 11) is -3.08. The van der Waals surface area contributed by atoms with E-state index in [1.165, 1.54) is 0 Å². The van der Waals surface area contributed by atoms with Crippen LogP contribution in [0.4, 0.5) is 0 Å². The SMILES string of the molecule is C=CC(=C)NCCOCP(=O)(OCC)OCC. The van der Waals surface area contributed by atoms with Crippen LogP contribution in [0.1, 0.15) is 13.8 Å². The largest absolute Gasteiger partial charge is 0.383 e. The van der Waals surface area contributed by atoms with Crippen molar-refractivity contribution in [2.75, 3.05) is 32.7 Å². The molecule has 0 heterocycles. The normalized spacial score (nSPS) is 11.2. The van der Waals surface area contributed by atoms with Gasteiger partial charge >= 0.3 is 7.60 Å². The summed E-state index contributed by atoms with van der Waals surface area (Å²) in [5.41, 5.74) is 0.728. The molecule has 0 fully saturated rings. The van der Waals surface area contributed by atoms with Crippen molar-refractivity contribution >= 4 is 7.60 Å². The molecule has 0 aliphatic carbocycles. The van der Waals surface area contributed by atoms with Crippen molar-refractivity contribution in [1.29, 1.82) is 0 Å². The summed E-state index contributed by atoms with van der Waals surface area (Å²) in [6, 6.07) is 0. The molecule has 0 radical (unpaired) electrons. The lowest BCUT2D eigenvalue weighted by molar-refractivity contribution is 0.135.